The SMILES string of the molecule is O=C(CCS(=O)(=O)c1ccc(Cl)cc1)N(Cc1ccccn1)c1nc2ccc(F)cc2s1. The molecule has 10 heteroatoms. The largest absolute Gasteiger partial charge is 0.282 e. The lowest BCUT2D eigenvalue weighted by Gasteiger charge is -2.19. The van der Waals surface area contributed by atoms with Crippen LogP contribution in [0.25, 0.3) is 10.2 Å². The van der Waals surface area contributed by atoms with Gasteiger partial charge in [-0.05, 0) is 54.6 Å². The van der Waals surface area contributed by atoms with E-state index in [0.29, 0.717) is 26.1 Å². The molecule has 1 amide bonds. The smallest absolute Gasteiger partial charge is 0.230 e. The number of sulfone groups is 1. The van der Waals surface area contributed by atoms with Crippen LogP contribution in [0.1, 0.15) is 12.1 Å². The number of anilines is 1. The molecular formula is C22H17ClFN3O3S2. The molecule has 0 radical (unpaired) electrons. The minimum atomic E-state index is -3.68. The molecule has 4 aromatic rings. The second-order valence-corrected chi connectivity index (χ2v) is 10.5. The average molecular weight is 490 g/mol. The second kappa shape index (κ2) is 9.32. The minimum absolute atomic E-state index is 0.0986. The van der Waals surface area contributed by atoms with E-state index in [0.717, 1.165) is 11.3 Å². The molecule has 2 aromatic carbocycles. The summed E-state index contributed by atoms with van der Waals surface area (Å²) in [5.41, 5.74) is 1.17. The number of hydrogen-bond donors (Lipinski definition) is 0. The highest BCUT2D eigenvalue weighted by Gasteiger charge is 2.24. The number of rotatable bonds is 7. The fourth-order valence-electron chi connectivity index (χ4n) is 3.03. The highest BCUT2D eigenvalue weighted by Crippen LogP contribution is 2.31. The molecule has 0 aliphatic carbocycles. The average Bonchev–Trinajstić information content (AvgIpc) is 3.19. The topological polar surface area (TPSA) is 80.2 Å². The van der Waals surface area contributed by atoms with Crippen LogP contribution in [-0.2, 0) is 21.2 Å². The van der Waals surface area contributed by atoms with E-state index in [1.165, 1.54) is 41.3 Å². The molecule has 0 fully saturated rings. The van der Waals surface area contributed by atoms with Gasteiger partial charge in [0.1, 0.15) is 5.82 Å². The number of amides is 1. The number of halogens is 2. The first-order valence-corrected chi connectivity index (χ1v) is 12.4. The van der Waals surface area contributed by atoms with Crippen molar-refractivity contribution in [2.75, 3.05) is 10.7 Å². The van der Waals surface area contributed by atoms with Gasteiger partial charge < -0.3 is 0 Å². The molecule has 0 spiro atoms. The number of thiazole rings is 1. The van der Waals surface area contributed by atoms with Crippen molar-refractivity contribution in [3.8, 4) is 0 Å². The monoisotopic (exact) mass is 489 g/mol. The molecule has 6 nitrogen and oxygen atoms in total. The van der Waals surface area contributed by atoms with Crippen molar-refractivity contribution in [3.05, 3.63) is 83.4 Å². The molecule has 0 unspecified atom stereocenters. The number of fused-ring (bicyclic) bond motifs is 1. The van der Waals surface area contributed by atoms with Gasteiger partial charge in [-0.25, -0.2) is 17.8 Å². The number of aromatic nitrogens is 2. The summed E-state index contributed by atoms with van der Waals surface area (Å²) in [5.74, 6) is -1.19. The molecular weight excluding hydrogens is 473 g/mol. The van der Waals surface area contributed by atoms with Crippen LogP contribution >= 0.6 is 22.9 Å². The third-order valence-electron chi connectivity index (χ3n) is 4.67. The maximum absolute atomic E-state index is 13.6. The molecule has 2 aromatic heterocycles. The predicted octanol–water partition coefficient (Wildman–Crippen LogP) is 4.88. The second-order valence-electron chi connectivity index (χ2n) is 6.93. The number of benzene rings is 2. The van der Waals surface area contributed by atoms with Gasteiger partial charge in [0.05, 0.1) is 33.1 Å². The van der Waals surface area contributed by atoms with E-state index in [1.807, 2.05) is 0 Å². The Labute approximate surface area is 193 Å². The first-order chi connectivity index (χ1) is 15.3. The molecule has 0 atom stereocenters. The molecule has 0 N–H and O–H groups in total. The lowest BCUT2D eigenvalue weighted by atomic mass is 10.3. The van der Waals surface area contributed by atoms with Gasteiger partial charge in [0.15, 0.2) is 15.0 Å². The van der Waals surface area contributed by atoms with Crippen LogP contribution in [0.15, 0.2) is 71.8 Å². The van der Waals surface area contributed by atoms with Crippen molar-refractivity contribution in [2.24, 2.45) is 0 Å². The Bertz CT molecular complexity index is 1360. The zero-order valence-corrected chi connectivity index (χ0v) is 19.0. The normalized spacial score (nSPS) is 11.6. The zero-order valence-electron chi connectivity index (χ0n) is 16.6. The lowest BCUT2D eigenvalue weighted by Crippen LogP contribution is -2.32. The van der Waals surface area contributed by atoms with Crippen molar-refractivity contribution < 1.29 is 17.6 Å². The Balaban J connectivity index is 1.60. The number of carbonyl (C=O) groups is 1. The Morgan fingerprint density at radius 2 is 1.88 bits per heavy atom. The standard InChI is InChI=1S/C22H17ClFN3O3S2/c23-15-4-7-18(8-5-15)32(29,30)12-10-21(28)27(14-17-3-1-2-11-25-17)22-26-19-9-6-16(24)13-20(19)31-22/h1-9,11,13H,10,12,14H2. The van der Waals surface area contributed by atoms with Crippen molar-refractivity contribution >= 4 is 54.0 Å². The molecule has 4 rings (SSSR count). The molecule has 164 valence electrons. The predicted molar refractivity (Wildman–Crippen MR) is 123 cm³/mol. The lowest BCUT2D eigenvalue weighted by molar-refractivity contribution is -0.118. The van der Waals surface area contributed by atoms with Crippen molar-refractivity contribution in [3.63, 3.8) is 0 Å². The van der Waals surface area contributed by atoms with Crippen molar-refractivity contribution in [2.45, 2.75) is 17.9 Å². The Morgan fingerprint density at radius 3 is 2.59 bits per heavy atom. The first-order valence-electron chi connectivity index (χ1n) is 9.56. The molecule has 0 saturated heterocycles. The van der Waals surface area contributed by atoms with Gasteiger partial charge in [0.2, 0.25) is 5.91 Å². The summed E-state index contributed by atoms with van der Waals surface area (Å²) in [7, 11) is -3.68. The van der Waals surface area contributed by atoms with E-state index >= 15 is 0 Å². The quantitative estimate of drug-likeness (QED) is 0.369. The van der Waals surface area contributed by atoms with Gasteiger partial charge >= 0.3 is 0 Å². The summed E-state index contributed by atoms with van der Waals surface area (Å²) in [6.07, 6.45) is 1.36. The molecule has 0 aliphatic rings. The van der Waals surface area contributed by atoms with Crippen LogP contribution < -0.4 is 4.90 Å². The van der Waals surface area contributed by atoms with Gasteiger partial charge in [-0.3, -0.25) is 14.7 Å². The van der Waals surface area contributed by atoms with Crippen LogP contribution in [-0.4, -0.2) is 30.0 Å². The molecule has 0 saturated carbocycles. The van der Waals surface area contributed by atoms with E-state index in [2.05, 4.69) is 9.97 Å². The molecule has 0 bridgehead atoms. The number of hydrogen-bond acceptors (Lipinski definition) is 6. The van der Waals surface area contributed by atoms with E-state index in [4.69, 9.17) is 11.6 Å². The van der Waals surface area contributed by atoms with Gasteiger partial charge in [0.25, 0.3) is 0 Å². The van der Waals surface area contributed by atoms with E-state index in [1.54, 1.807) is 30.5 Å². The number of nitrogens with zero attached hydrogens (tertiary/aromatic N) is 3. The summed E-state index contributed by atoms with van der Waals surface area (Å²) in [6, 6.07) is 15.3. The van der Waals surface area contributed by atoms with Crippen LogP contribution in [0.4, 0.5) is 9.52 Å². The maximum atomic E-state index is 13.6. The Kier molecular flexibility index (Phi) is 6.50. The fraction of sp³-hybridized carbons (Fsp3) is 0.136. The van der Waals surface area contributed by atoms with Crippen molar-refractivity contribution in [1.82, 2.24) is 9.97 Å². The Morgan fingerprint density at radius 1 is 1.09 bits per heavy atom. The minimum Gasteiger partial charge on any atom is -0.282 e. The van der Waals surface area contributed by atoms with E-state index in [9.17, 15) is 17.6 Å². The highest BCUT2D eigenvalue weighted by atomic mass is 35.5. The third-order valence-corrected chi connectivity index (χ3v) is 7.70. The van der Waals surface area contributed by atoms with Gasteiger partial charge in [-0.15, -0.1) is 0 Å². The van der Waals surface area contributed by atoms with E-state index in [-0.39, 0.29) is 23.6 Å². The van der Waals surface area contributed by atoms with Crippen LogP contribution in [0.5, 0.6) is 0 Å². The Hall–Kier alpha value is -2.88. The van der Waals surface area contributed by atoms with Crippen LogP contribution in [0, 0.1) is 5.82 Å². The van der Waals surface area contributed by atoms with Crippen molar-refractivity contribution in [1.29, 1.82) is 0 Å². The summed E-state index contributed by atoms with van der Waals surface area (Å²) in [4.78, 5) is 23.3. The van der Waals surface area contributed by atoms with Gasteiger partial charge in [-0.1, -0.05) is 29.0 Å². The molecule has 0 aliphatic heterocycles. The summed E-state index contributed by atoms with van der Waals surface area (Å²) >= 11 is 6.99. The van der Waals surface area contributed by atoms with Crippen LogP contribution in [0.3, 0.4) is 0 Å². The third kappa shape index (κ3) is 5.12. The maximum Gasteiger partial charge on any atom is 0.230 e. The molecule has 2 heterocycles. The first kappa shape index (κ1) is 22.3. The van der Waals surface area contributed by atoms with Gasteiger partial charge in [-0.2, -0.15) is 0 Å². The summed E-state index contributed by atoms with van der Waals surface area (Å²) < 4.78 is 39.5. The number of pyridine rings is 1. The summed E-state index contributed by atoms with van der Waals surface area (Å²) in [5, 5.41) is 0.777. The zero-order chi connectivity index (χ0) is 22.7. The number of carbonyl (C=O) groups excluding carboxylic acids is 1. The highest BCUT2D eigenvalue weighted by molar-refractivity contribution is 7.91. The molecule has 32 heavy (non-hydrogen) atoms. The fourth-order valence-corrected chi connectivity index (χ4v) is 5.40. The van der Waals surface area contributed by atoms with E-state index < -0.39 is 21.6 Å². The van der Waals surface area contributed by atoms with Crippen LogP contribution in [0.2, 0.25) is 5.02 Å². The van der Waals surface area contributed by atoms with Gasteiger partial charge in [0, 0.05) is 17.6 Å². The summed E-state index contributed by atoms with van der Waals surface area (Å²) in [6.45, 7) is 0.114.